The lowest BCUT2D eigenvalue weighted by Gasteiger charge is -2.72. The normalized spacial score (nSPS) is 49.1. The molecule has 8 aliphatic carbocycles. The van der Waals surface area contributed by atoms with E-state index in [0.29, 0.717) is 76.0 Å². The van der Waals surface area contributed by atoms with E-state index in [4.69, 9.17) is 4.74 Å². The summed E-state index contributed by atoms with van der Waals surface area (Å²) in [6.45, 7) is 2.12. The van der Waals surface area contributed by atoms with Gasteiger partial charge in [0.05, 0.1) is 29.5 Å². The van der Waals surface area contributed by atoms with Gasteiger partial charge in [-0.3, -0.25) is 5.32 Å². The zero-order chi connectivity index (χ0) is 39.5. The van der Waals surface area contributed by atoms with Crippen LogP contribution in [0.2, 0.25) is 0 Å². The molecule has 0 radical (unpaired) electrons. The third kappa shape index (κ3) is 5.16. The highest BCUT2D eigenvalue weighted by atomic mass is 16.5. The van der Waals surface area contributed by atoms with Crippen LogP contribution in [-0.2, 0) is 20.7 Å². The molecule has 1 aliphatic heterocycles. The topological polar surface area (TPSA) is 157 Å². The summed E-state index contributed by atoms with van der Waals surface area (Å²) >= 11 is 0. The summed E-state index contributed by atoms with van der Waals surface area (Å²) in [6, 6.07) is 7.84. The molecule has 1 spiro atoms. The number of hydrogen-bond acceptors (Lipinski definition) is 9. The highest BCUT2D eigenvalue weighted by molar-refractivity contribution is 5.86. The molecular weight excluding hydrogens is 719 g/mol. The second kappa shape index (κ2) is 13.7. The maximum atomic E-state index is 14.1. The number of aldehydes is 1. The van der Waals surface area contributed by atoms with Crippen molar-refractivity contribution >= 4 is 12.3 Å². The molecule has 9 heteroatoms. The van der Waals surface area contributed by atoms with Gasteiger partial charge in [0.15, 0.2) is 0 Å². The first-order valence-corrected chi connectivity index (χ1v) is 22.6. The molecule has 7 fully saturated rings. The Morgan fingerprint density at radius 1 is 0.982 bits per heavy atom. The van der Waals surface area contributed by atoms with Gasteiger partial charge in [0, 0.05) is 47.3 Å². The second-order valence-electron chi connectivity index (χ2n) is 20.6. The molecule has 9 aliphatic rings. The van der Waals surface area contributed by atoms with Gasteiger partial charge in [-0.1, -0.05) is 62.6 Å². The molecule has 16 atom stereocenters. The van der Waals surface area contributed by atoms with Crippen LogP contribution in [0.5, 0.6) is 0 Å². The van der Waals surface area contributed by atoms with Crippen molar-refractivity contribution < 1.29 is 39.9 Å². The summed E-state index contributed by atoms with van der Waals surface area (Å²) in [7, 11) is 0. The molecule has 1 heterocycles. The molecule has 1 aromatic carbocycles. The lowest BCUT2D eigenvalue weighted by atomic mass is 9.36. The fraction of sp³-hybridized carbons (Fsp3) is 0.750. The fourth-order valence-corrected chi connectivity index (χ4v) is 16.7. The van der Waals surface area contributed by atoms with Crippen molar-refractivity contribution in [2.24, 2.45) is 64.1 Å². The fourth-order valence-electron chi connectivity index (χ4n) is 16.7. The first-order valence-electron chi connectivity index (χ1n) is 22.6. The van der Waals surface area contributed by atoms with Crippen molar-refractivity contribution in [2.45, 2.75) is 151 Å². The third-order valence-corrected chi connectivity index (χ3v) is 19.0. The number of ether oxygens (including phenoxy) is 1. The van der Waals surface area contributed by atoms with Gasteiger partial charge in [0.1, 0.15) is 18.0 Å². The molecule has 1 aromatic rings. The summed E-state index contributed by atoms with van der Waals surface area (Å²) in [5, 5.41) is 66.9. The van der Waals surface area contributed by atoms with E-state index in [2.05, 4.69) is 30.1 Å². The number of nitrogens with one attached hydrogen (secondary N) is 1. The van der Waals surface area contributed by atoms with Gasteiger partial charge in [-0.2, -0.15) is 0 Å². The van der Waals surface area contributed by atoms with Gasteiger partial charge in [-0.05, 0) is 130 Å². The van der Waals surface area contributed by atoms with E-state index in [1.165, 1.54) is 25.7 Å². The monoisotopic (exact) mass is 781 g/mol. The van der Waals surface area contributed by atoms with Crippen molar-refractivity contribution in [1.29, 1.82) is 0 Å². The van der Waals surface area contributed by atoms with Crippen molar-refractivity contribution in [3.05, 3.63) is 47.0 Å². The van der Waals surface area contributed by atoms with Gasteiger partial charge in [-0.25, -0.2) is 4.79 Å². The number of esters is 1. The van der Waals surface area contributed by atoms with E-state index < -0.39 is 57.6 Å². The Balaban J connectivity index is 1.12. The molecule has 9 nitrogen and oxygen atoms in total. The highest BCUT2D eigenvalue weighted by Gasteiger charge is 2.82. The molecule has 308 valence electrons. The second-order valence-corrected chi connectivity index (χ2v) is 20.6. The standard InChI is InChI=1S/C48H63NO8/c1-28(29-8-2-3-9-29)31-13-14-37-39(52)15-18-45(26-50)40-16-19-44-17-7-6-11-30-10-4-5-12-32(30)22-38(49-27-51)35-21-33(42(44)36-23-41(53)57-43(35)36)24-47(44,55)46(40,54)25-34(20-31)48(37,45)56/h4-5,10,12,23,26,28-29,31,33-35,37-40,42-43,49,51-52,54-56H,2-3,7-9,13-22,24-25,27H2,1H3. The van der Waals surface area contributed by atoms with E-state index in [0.717, 1.165) is 29.4 Å². The number of rotatable bonds is 5. The maximum Gasteiger partial charge on any atom is 0.331 e. The zero-order valence-electron chi connectivity index (χ0n) is 33.6. The third-order valence-electron chi connectivity index (χ3n) is 19.0. The minimum Gasteiger partial charge on any atom is -0.454 e. The minimum absolute atomic E-state index is 0.0927. The lowest BCUT2D eigenvalue weighted by Crippen LogP contribution is -2.80. The first kappa shape index (κ1) is 38.6. The van der Waals surface area contributed by atoms with Gasteiger partial charge >= 0.3 is 5.97 Å². The molecule has 16 unspecified atom stereocenters. The summed E-state index contributed by atoms with van der Waals surface area (Å²) in [5.41, 5.74) is -4.13. The molecule has 0 aromatic heterocycles. The van der Waals surface area contributed by atoms with Crippen molar-refractivity contribution in [2.75, 3.05) is 6.73 Å². The number of hydrogen-bond donors (Lipinski definition) is 6. The molecule has 4 bridgehead atoms. The van der Waals surface area contributed by atoms with Crippen LogP contribution in [0.3, 0.4) is 0 Å². The van der Waals surface area contributed by atoms with Crippen molar-refractivity contribution in [3.63, 3.8) is 0 Å². The molecule has 0 amide bonds. The number of fused-ring (bicyclic) bond motifs is 7. The molecule has 57 heavy (non-hydrogen) atoms. The highest BCUT2D eigenvalue weighted by Crippen LogP contribution is 2.77. The van der Waals surface area contributed by atoms with Crippen molar-refractivity contribution in [1.82, 2.24) is 5.32 Å². The van der Waals surface area contributed by atoms with Gasteiger partial charge in [0.25, 0.3) is 0 Å². The van der Waals surface area contributed by atoms with Crippen LogP contribution in [0.4, 0.5) is 0 Å². The molecule has 0 saturated heterocycles. The van der Waals surface area contributed by atoms with Crippen LogP contribution in [0.25, 0.3) is 0 Å². The van der Waals surface area contributed by atoms with E-state index in [1.807, 2.05) is 18.2 Å². The summed E-state index contributed by atoms with van der Waals surface area (Å²) < 4.78 is 6.20. The van der Waals surface area contributed by atoms with E-state index in [-0.39, 0.29) is 55.3 Å². The molecule has 10 rings (SSSR count). The first-order chi connectivity index (χ1) is 27.4. The van der Waals surface area contributed by atoms with Crippen LogP contribution in [0.1, 0.15) is 121 Å². The average molecular weight is 782 g/mol. The Bertz CT molecular complexity index is 1880. The van der Waals surface area contributed by atoms with Crippen LogP contribution in [0.15, 0.2) is 35.9 Å². The number of aliphatic hydroxyl groups excluding tert-OH is 2. The predicted octanol–water partition coefficient (Wildman–Crippen LogP) is 4.98. The predicted molar refractivity (Wildman–Crippen MR) is 212 cm³/mol. The summed E-state index contributed by atoms with van der Waals surface area (Å²) in [5.74, 6) is 5.71. The van der Waals surface area contributed by atoms with Gasteiger partial charge < -0.3 is 35.1 Å². The number of carbonyl (C=O) groups is 2. The summed E-state index contributed by atoms with van der Waals surface area (Å²) in [6.07, 6.45) is 12.8. The maximum absolute atomic E-state index is 14.1. The smallest absolute Gasteiger partial charge is 0.331 e. The van der Waals surface area contributed by atoms with Crippen molar-refractivity contribution in [3.8, 4) is 11.8 Å². The molecule has 6 N–H and O–H groups in total. The van der Waals surface area contributed by atoms with Crippen LogP contribution >= 0.6 is 0 Å². The quantitative estimate of drug-likeness (QED) is 0.105. The van der Waals surface area contributed by atoms with E-state index in [9.17, 15) is 35.1 Å². The summed E-state index contributed by atoms with van der Waals surface area (Å²) in [4.78, 5) is 27.5. The Labute approximate surface area is 337 Å². The van der Waals surface area contributed by atoms with E-state index in [1.54, 1.807) is 6.08 Å². The van der Waals surface area contributed by atoms with Gasteiger partial charge in [-0.15, -0.1) is 0 Å². The van der Waals surface area contributed by atoms with E-state index >= 15 is 0 Å². The Morgan fingerprint density at radius 2 is 1.79 bits per heavy atom. The van der Waals surface area contributed by atoms with Crippen LogP contribution in [0, 0.1) is 75.9 Å². The van der Waals surface area contributed by atoms with Gasteiger partial charge in [0.2, 0.25) is 0 Å². The minimum atomic E-state index is -1.70. The lowest BCUT2D eigenvalue weighted by molar-refractivity contribution is -0.343. The Morgan fingerprint density at radius 3 is 2.58 bits per heavy atom. The van der Waals surface area contributed by atoms with Crippen LogP contribution in [-0.4, -0.2) is 79.6 Å². The SMILES string of the molecule is CC(C1CCCC1)C1CCC2C(O)CCC3(C=O)C4CCC56CCC#Cc7ccccc7CC(NCO)C7CC(CC5(O)C4(O)CC(C1)C23O)C6C1=CC(=O)OC17. The number of aliphatic hydroxyl groups is 5. The largest absolute Gasteiger partial charge is 0.454 e. The van der Waals surface area contributed by atoms with Crippen LogP contribution < -0.4 is 5.32 Å². The average Bonchev–Trinajstić information content (AvgIpc) is 3.90. The number of carbonyl (C=O) groups excluding carboxylic acids is 2. The zero-order valence-corrected chi connectivity index (χ0v) is 33.6. The number of benzene rings is 1. The Hall–Kier alpha value is -2.58. The molecular formula is C48H63NO8. The Kier molecular flexibility index (Phi) is 9.30. The molecule has 7 saturated carbocycles.